The van der Waals surface area contributed by atoms with E-state index in [9.17, 15) is 14.0 Å². The second-order valence-corrected chi connectivity index (χ2v) is 6.72. The molecular weight excluding hydrogens is 397 g/mol. The number of amides is 1. The number of hydrogen-bond donors (Lipinski definition) is 2. The van der Waals surface area contributed by atoms with Crippen LogP contribution in [0.5, 0.6) is 0 Å². The summed E-state index contributed by atoms with van der Waals surface area (Å²) in [5.74, 6) is -0.842. The minimum atomic E-state index is -0.442. The number of aromatic nitrogens is 3. The quantitative estimate of drug-likeness (QED) is 0.386. The first-order chi connectivity index (χ1) is 15.0. The van der Waals surface area contributed by atoms with Gasteiger partial charge < -0.3 is 0 Å². The molecule has 0 aliphatic heterocycles. The summed E-state index contributed by atoms with van der Waals surface area (Å²) in [7, 11) is 0. The van der Waals surface area contributed by atoms with Crippen molar-refractivity contribution in [3.8, 4) is 16.9 Å². The Morgan fingerprint density at radius 2 is 1.81 bits per heavy atom. The number of halogens is 1. The molecule has 2 N–H and O–H groups in total. The van der Waals surface area contributed by atoms with Crippen molar-refractivity contribution < 1.29 is 9.18 Å². The van der Waals surface area contributed by atoms with Gasteiger partial charge in [-0.1, -0.05) is 30.3 Å². The Morgan fingerprint density at radius 3 is 2.48 bits per heavy atom. The average molecular weight is 415 g/mol. The zero-order valence-corrected chi connectivity index (χ0v) is 16.5. The van der Waals surface area contributed by atoms with Crippen molar-refractivity contribution in [1.82, 2.24) is 20.2 Å². The van der Waals surface area contributed by atoms with Gasteiger partial charge in [-0.25, -0.2) is 14.5 Å². The van der Waals surface area contributed by atoms with E-state index in [-0.39, 0.29) is 5.56 Å². The first kappa shape index (κ1) is 20.0. The van der Waals surface area contributed by atoms with Crippen LogP contribution >= 0.6 is 0 Å². The Kier molecular flexibility index (Phi) is 5.53. The Bertz CT molecular complexity index is 1290. The van der Waals surface area contributed by atoms with Gasteiger partial charge in [0.1, 0.15) is 5.82 Å². The van der Waals surface area contributed by atoms with Crippen LogP contribution in [-0.2, 0) is 0 Å². The Balaban J connectivity index is 1.77. The van der Waals surface area contributed by atoms with Crippen LogP contribution in [-0.4, -0.2) is 26.4 Å². The van der Waals surface area contributed by atoms with Crippen LogP contribution < -0.4 is 11.0 Å². The summed E-state index contributed by atoms with van der Waals surface area (Å²) < 4.78 is 14.7. The van der Waals surface area contributed by atoms with Crippen molar-refractivity contribution in [2.24, 2.45) is 5.10 Å². The van der Waals surface area contributed by atoms with Crippen LogP contribution in [0.1, 0.15) is 22.8 Å². The Hall–Kier alpha value is -4.33. The van der Waals surface area contributed by atoms with Gasteiger partial charge in [0.05, 0.1) is 28.2 Å². The van der Waals surface area contributed by atoms with Crippen molar-refractivity contribution in [2.75, 3.05) is 0 Å². The maximum Gasteiger partial charge on any atom is 0.281 e. The van der Waals surface area contributed by atoms with Gasteiger partial charge in [0.15, 0.2) is 0 Å². The van der Waals surface area contributed by atoms with E-state index >= 15 is 0 Å². The maximum atomic E-state index is 13.3. The number of hydrogen-bond acceptors (Lipinski definition) is 4. The molecule has 2 aromatic heterocycles. The first-order valence-corrected chi connectivity index (χ1v) is 9.46. The predicted molar refractivity (Wildman–Crippen MR) is 116 cm³/mol. The number of carbonyl (C=O) groups is 1. The van der Waals surface area contributed by atoms with Gasteiger partial charge in [0.25, 0.3) is 11.5 Å². The summed E-state index contributed by atoms with van der Waals surface area (Å²) in [6, 6.07) is 18.1. The highest BCUT2D eigenvalue weighted by Gasteiger charge is 2.19. The summed E-state index contributed by atoms with van der Waals surface area (Å²) in [5.41, 5.74) is 4.82. The second-order valence-electron chi connectivity index (χ2n) is 6.72. The number of aromatic amines is 1. The molecule has 0 saturated carbocycles. The van der Waals surface area contributed by atoms with Crippen molar-refractivity contribution >= 4 is 11.6 Å². The van der Waals surface area contributed by atoms with Gasteiger partial charge in [-0.2, -0.15) is 5.10 Å². The Labute approximate surface area is 176 Å². The van der Waals surface area contributed by atoms with E-state index in [1.165, 1.54) is 35.1 Å². The average Bonchev–Trinajstić information content (AvgIpc) is 3.16. The van der Waals surface area contributed by atoms with Crippen LogP contribution in [0.25, 0.3) is 16.9 Å². The molecule has 2 heterocycles. The lowest BCUT2D eigenvalue weighted by Gasteiger charge is -2.04. The van der Waals surface area contributed by atoms with Gasteiger partial charge in [-0.15, -0.1) is 0 Å². The molecule has 7 nitrogen and oxygen atoms in total. The third-order valence-corrected chi connectivity index (χ3v) is 4.65. The van der Waals surface area contributed by atoms with Crippen LogP contribution in [0.2, 0.25) is 0 Å². The van der Waals surface area contributed by atoms with E-state index in [1.54, 1.807) is 25.3 Å². The number of rotatable bonds is 5. The SMILES string of the molecule is CC(=NNC(=O)c1cccnc1)c1c(-c2ccccc2)[nH]n(-c2ccc(F)cc2)c1=O. The minimum absolute atomic E-state index is 0.294. The fourth-order valence-electron chi connectivity index (χ4n) is 3.11. The predicted octanol–water partition coefficient (Wildman–Crippen LogP) is 3.52. The molecule has 0 atom stereocenters. The molecule has 0 aliphatic carbocycles. The van der Waals surface area contributed by atoms with E-state index in [1.807, 2.05) is 30.3 Å². The smallest absolute Gasteiger partial charge is 0.281 e. The molecule has 31 heavy (non-hydrogen) atoms. The molecule has 1 amide bonds. The lowest BCUT2D eigenvalue weighted by atomic mass is 10.1. The molecule has 2 aromatic carbocycles. The highest BCUT2D eigenvalue weighted by Crippen LogP contribution is 2.21. The topological polar surface area (TPSA) is 92.1 Å². The number of H-pyrrole nitrogens is 1. The molecule has 0 fully saturated rings. The number of nitrogens with one attached hydrogen (secondary N) is 2. The van der Waals surface area contributed by atoms with Gasteiger partial charge in [-0.3, -0.25) is 19.7 Å². The number of carbonyl (C=O) groups excluding carboxylic acids is 1. The maximum absolute atomic E-state index is 13.3. The van der Waals surface area contributed by atoms with Crippen LogP contribution in [0.3, 0.4) is 0 Å². The van der Waals surface area contributed by atoms with Crippen LogP contribution in [0, 0.1) is 5.82 Å². The van der Waals surface area contributed by atoms with Crippen LogP contribution in [0.4, 0.5) is 4.39 Å². The molecule has 0 spiro atoms. The normalized spacial score (nSPS) is 11.4. The molecule has 0 aliphatic rings. The fourth-order valence-corrected chi connectivity index (χ4v) is 3.11. The molecular formula is C23H18FN5O2. The van der Waals surface area contributed by atoms with E-state index in [0.29, 0.717) is 28.2 Å². The van der Waals surface area contributed by atoms with E-state index in [2.05, 4.69) is 20.6 Å². The van der Waals surface area contributed by atoms with Gasteiger partial charge >= 0.3 is 0 Å². The van der Waals surface area contributed by atoms with E-state index in [0.717, 1.165) is 5.56 Å². The first-order valence-electron chi connectivity index (χ1n) is 9.46. The van der Waals surface area contributed by atoms with Gasteiger partial charge in [0.2, 0.25) is 0 Å². The number of hydrazone groups is 1. The lowest BCUT2D eigenvalue weighted by molar-refractivity contribution is 0.0954. The third kappa shape index (κ3) is 4.18. The van der Waals surface area contributed by atoms with E-state index < -0.39 is 11.7 Å². The summed E-state index contributed by atoms with van der Waals surface area (Å²) in [6.07, 6.45) is 2.99. The molecule has 0 bridgehead atoms. The monoisotopic (exact) mass is 415 g/mol. The number of benzene rings is 2. The summed E-state index contributed by atoms with van der Waals surface area (Å²) in [5, 5.41) is 7.22. The lowest BCUT2D eigenvalue weighted by Crippen LogP contribution is -2.23. The van der Waals surface area contributed by atoms with E-state index in [4.69, 9.17) is 0 Å². The zero-order valence-electron chi connectivity index (χ0n) is 16.5. The highest BCUT2D eigenvalue weighted by molar-refractivity contribution is 6.04. The molecule has 8 heteroatoms. The van der Waals surface area contributed by atoms with Crippen LogP contribution in [0.15, 0.2) is 89.0 Å². The van der Waals surface area contributed by atoms with Gasteiger partial charge in [0, 0.05) is 18.0 Å². The largest absolute Gasteiger partial charge is 0.290 e. The summed E-state index contributed by atoms with van der Waals surface area (Å²) in [6.45, 7) is 1.63. The summed E-state index contributed by atoms with van der Waals surface area (Å²) >= 11 is 0. The molecule has 0 saturated heterocycles. The van der Waals surface area contributed by atoms with Crippen molar-refractivity contribution in [1.29, 1.82) is 0 Å². The summed E-state index contributed by atoms with van der Waals surface area (Å²) in [4.78, 5) is 29.4. The fraction of sp³-hybridized carbons (Fsp3) is 0.0435. The minimum Gasteiger partial charge on any atom is -0.290 e. The zero-order chi connectivity index (χ0) is 21.8. The third-order valence-electron chi connectivity index (χ3n) is 4.65. The Morgan fingerprint density at radius 1 is 1.06 bits per heavy atom. The number of pyridine rings is 1. The molecule has 4 aromatic rings. The van der Waals surface area contributed by atoms with Gasteiger partial charge in [-0.05, 0) is 43.3 Å². The van der Waals surface area contributed by atoms with Crippen molar-refractivity contribution in [2.45, 2.75) is 6.92 Å². The molecule has 0 radical (unpaired) electrons. The van der Waals surface area contributed by atoms with Crippen molar-refractivity contribution in [3.05, 3.63) is 106 Å². The number of nitrogens with zero attached hydrogens (tertiary/aromatic N) is 3. The van der Waals surface area contributed by atoms with Crippen molar-refractivity contribution in [3.63, 3.8) is 0 Å². The molecule has 4 rings (SSSR count). The standard InChI is InChI=1S/C23H18FN5O2/c1-15(26-27-22(30)17-8-5-13-25-14-17)20-21(16-6-3-2-4-7-16)28-29(23(20)31)19-11-9-18(24)10-12-19/h2-14,28H,1H3,(H,27,30). The highest BCUT2D eigenvalue weighted by atomic mass is 19.1. The molecule has 154 valence electrons. The second kappa shape index (κ2) is 8.58. The molecule has 0 unspecified atom stereocenters.